The quantitative estimate of drug-likeness (QED) is 0.553. The van der Waals surface area contributed by atoms with Crippen molar-refractivity contribution < 1.29 is 9.59 Å². The molecule has 0 spiro atoms. The van der Waals surface area contributed by atoms with Crippen LogP contribution in [0.4, 0.5) is 0 Å². The molecule has 152 valence electrons. The molecule has 1 rings (SSSR count). The molecule has 0 N–H and O–H groups in total. The van der Waals surface area contributed by atoms with Crippen molar-refractivity contribution in [2.24, 2.45) is 11.8 Å². The Morgan fingerprint density at radius 3 is 1.38 bits per heavy atom. The number of unbranched alkanes of at least 4 members (excludes halogenated alkanes) is 2. The first-order valence-electron chi connectivity index (χ1n) is 11.0. The molecule has 0 aromatic heterocycles. The third kappa shape index (κ3) is 5.99. The van der Waals surface area contributed by atoms with E-state index < -0.39 is 0 Å². The van der Waals surface area contributed by atoms with Gasteiger partial charge in [0.15, 0.2) is 0 Å². The van der Waals surface area contributed by atoms with Gasteiger partial charge in [-0.3, -0.25) is 9.59 Å². The molecule has 0 saturated carbocycles. The molecule has 0 unspecified atom stereocenters. The van der Waals surface area contributed by atoms with Crippen LogP contribution in [0.15, 0.2) is 0 Å². The second-order valence-corrected chi connectivity index (χ2v) is 8.17. The van der Waals surface area contributed by atoms with Crippen LogP contribution in [-0.2, 0) is 9.59 Å². The van der Waals surface area contributed by atoms with E-state index in [0.717, 1.165) is 51.4 Å². The second kappa shape index (κ2) is 11.6. The van der Waals surface area contributed by atoms with E-state index in [1.54, 1.807) is 0 Å². The maximum absolute atomic E-state index is 13.0. The molecule has 2 amide bonds. The number of hydrogen-bond acceptors (Lipinski definition) is 2. The Kier molecular flexibility index (Phi) is 10.3. The Hall–Kier alpha value is -1.06. The van der Waals surface area contributed by atoms with Crippen LogP contribution < -0.4 is 0 Å². The van der Waals surface area contributed by atoms with E-state index >= 15 is 0 Å². The molecule has 4 nitrogen and oxygen atoms in total. The highest BCUT2D eigenvalue weighted by molar-refractivity contribution is 5.81. The minimum atomic E-state index is 0.113. The van der Waals surface area contributed by atoms with Gasteiger partial charge in [0, 0.05) is 37.0 Å². The number of carbonyl (C=O) groups excluding carboxylic acids is 2. The highest BCUT2D eigenvalue weighted by atomic mass is 16.2. The lowest BCUT2D eigenvalue weighted by Crippen LogP contribution is -2.61. The van der Waals surface area contributed by atoms with Crippen molar-refractivity contribution in [2.45, 2.75) is 105 Å². The second-order valence-electron chi connectivity index (χ2n) is 8.17. The topological polar surface area (TPSA) is 40.6 Å². The Labute approximate surface area is 161 Å². The zero-order valence-corrected chi connectivity index (χ0v) is 18.1. The van der Waals surface area contributed by atoms with Crippen LogP contribution in [-0.4, -0.2) is 46.8 Å². The van der Waals surface area contributed by atoms with E-state index in [9.17, 15) is 9.59 Å². The lowest BCUT2D eigenvalue weighted by Gasteiger charge is -2.46. The van der Waals surface area contributed by atoms with Crippen LogP contribution in [0.25, 0.3) is 0 Å². The van der Waals surface area contributed by atoms with Crippen LogP contribution in [0.3, 0.4) is 0 Å². The fourth-order valence-corrected chi connectivity index (χ4v) is 4.12. The summed E-state index contributed by atoms with van der Waals surface area (Å²) in [5, 5.41) is 0. The van der Waals surface area contributed by atoms with Crippen molar-refractivity contribution in [3.63, 3.8) is 0 Å². The van der Waals surface area contributed by atoms with E-state index in [0.29, 0.717) is 24.9 Å². The van der Waals surface area contributed by atoms with Crippen molar-refractivity contribution in [1.29, 1.82) is 0 Å². The zero-order valence-electron chi connectivity index (χ0n) is 18.1. The molecular weight excluding hydrogens is 324 g/mol. The number of rotatable bonds is 10. The number of hydrogen-bond donors (Lipinski definition) is 0. The van der Waals surface area contributed by atoms with Crippen molar-refractivity contribution in [3.8, 4) is 0 Å². The summed E-state index contributed by atoms with van der Waals surface area (Å²) in [5.41, 5.74) is 0. The maximum atomic E-state index is 13.0. The molecule has 26 heavy (non-hydrogen) atoms. The minimum Gasteiger partial charge on any atom is -0.336 e. The third-order valence-corrected chi connectivity index (χ3v) is 6.05. The number of nitrogens with zero attached hydrogens (tertiary/aromatic N) is 2. The van der Waals surface area contributed by atoms with Crippen molar-refractivity contribution in [2.75, 3.05) is 13.1 Å². The largest absolute Gasteiger partial charge is 0.336 e. The van der Waals surface area contributed by atoms with Gasteiger partial charge in [-0.2, -0.15) is 0 Å². The van der Waals surface area contributed by atoms with Crippen LogP contribution >= 0.6 is 0 Å². The van der Waals surface area contributed by atoms with Gasteiger partial charge in [0.2, 0.25) is 11.8 Å². The van der Waals surface area contributed by atoms with E-state index in [4.69, 9.17) is 0 Å². The van der Waals surface area contributed by atoms with Crippen molar-refractivity contribution >= 4 is 11.8 Å². The van der Waals surface area contributed by atoms with Gasteiger partial charge in [-0.05, 0) is 39.5 Å². The van der Waals surface area contributed by atoms with Gasteiger partial charge >= 0.3 is 0 Å². The third-order valence-electron chi connectivity index (χ3n) is 6.05. The molecule has 0 bridgehead atoms. The molecule has 1 fully saturated rings. The van der Waals surface area contributed by atoms with Gasteiger partial charge in [-0.25, -0.2) is 0 Å². The molecule has 1 aliphatic heterocycles. The molecule has 0 aromatic carbocycles. The molecule has 4 heteroatoms. The summed E-state index contributed by atoms with van der Waals surface area (Å²) in [4.78, 5) is 30.1. The summed E-state index contributed by atoms with van der Waals surface area (Å²) in [7, 11) is 0. The summed E-state index contributed by atoms with van der Waals surface area (Å²) in [5.74, 6) is 0.871. The average molecular weight is 367 g/mol. The lowest BCUT2D eigenvalue weighted by atomic mass is 9.94. The van der Waals surface area contributed by atoms with E-state index in [1.165, 1.54) is 0 Å². The predicted molar refractivity (Wildman–Crippen MR) is 109 cm³/mol. The summed E-state index contributed by atoms with van der Waals surface area (Å²) in [6.07, 6.45) is 8.29. The number of amides is 2. The standard InChI is InChI=1S/C22H42N2O2/c1-7-11-13-19(9-3)21(25)23-15-18(6)24(16-17(23)5)22(26)20(10-4)14-12-8-2/h17-20H,7-16H2,1-6H3/t17-,18-,19-,20-/m0/s1. The van der Waals surface area contributed by atoms with Gasteiger partial charge in [-0.15, -0.1) is 0 Å². The fraction of sp³-hybridized carbons (Fsp3) is 0.909. The molecule has 1 heterocycles. The molecule has 0 radical (unpaired) electrons. The highest BCUT2D eigenvalue weighted by Gasteiger charge is 2.37. The van der Waals surface area contributed by atoms with Crippen molar-refractivity contribution in [3.05, 3.63) is 0 Å². The van der Waals surface area contributed by atoms with Gasteiger partial charge in [0.25, 0.3) is 0 Å². The molecule has 0 aliphatic carbocycles. The van der Waals surface area contributed by atoms with E-state index in [2.05, 4.69) is 41.5 Å². The van der Waals surface area contributed by atoms with Gasteiger partial charge in [0.1, 0.15) is 0 Å². The van der Waals surface area contributed by atoms with Crippen LogP contribution in [0.1, 0.15) is 92.9 Å². The summed E-state index contributed by atoms with van der Waals surface area (Å²) in [6, 6.07) is 0.226. The van der Waals surface area contributed by atoms with Gasteiger partial charge in [-0.1, -0.05) is 53.4 Å². The monoisotopic (exact) mass is 366 g/mol. The van der Waals surface area contributed by atoms with E-state index in [1.807, 2.05) is 9.80 Å². The predicted octanol–water partition coefficient (Wildman–Crippen LogP) is 4.87. The summed E-state index contributed by atoms with van der Waals surface area (Å²) >= 11 is 0. The van der Waals surface area contributed by atoms with Gasteiger partial charge < -0.3 is 9.80 Å². The normalized spacial score (nSPS) is 23.0. The van der Waals surface area contributed by atoms with Gasteiger partial charge in [0.05, 0.1) is 0 Å². The first-order valence-corrected chi connectivity index (χ1v) is 11.0. The Bertz CT molecular complexity index is 398. The smallest absolute Gasteiger partial charge is 0.226 e. The molecule has 1 aliphatic rings. The molecular formula is C22H42N2O2. The van der Waals surface area contributed by atoms with Crippen LogP contribution in [0.2, 0.25) is 0 Å². The first-order chi connectivity index (χ1) is 12.4. The van der Waals surface area contributed by atoms with Crippen LogP contribution in [0, 0.1) is 11.8 Å². The van der Waals surface area contributed by atoms with Crippen molar-refractivity contribution in [1.82, 2.24) is 9.80 Å². The van der Waals surface area contributed by atoms with E-state index in [-0.39, 0.29) is 23.9 Å². The SMILES string of the molecule is CCCC[C@H](CC)C(=O)N1C[C@H](C)N(C(=O)[C@@H](CC)CCCC)C[C@@H]1C. The molecule has 4 atom stereocenters. The highest BCUT2D eigenvalue weighted by Crippen LogP contribution is 2.25. The molecule has 0 aromatic rings. The minimum absolute atomic E-state index is 0.113. The Morgan fingerprint density at radius 2 is 1.12 bits per heavy atom. The Morgan fingerprint density at radius 1 is 0.769 bits per heavy atom. The zero-order chi connectivity index (χ0) is 19.7. The van der Waals surface area contributed by atoms with Crippen LogP contribution in [0.5, 0.6) is 0 Å². The molecule has 1 saturated heterocycles. The fourth-order valence-electron chi connectivity index (χ4n) is 4.12. The maximum Gasteiger partial charge on any atom is 0.226 e. The number of piperazine rings is 1. The summed E-state index contributed by atoms with van der Waals surface area (Å²) < 4.78 is 0. The lowest BCUT2D eigenvalue weighted by molar-refractivity contribution is -0.151. The average Bonchev–Trinajstić information content (AvgIpc) is 2.64. The summed E-state index contributed by atoms with van der Waals surface area (Å²) in [6.45, 7) is 14.1. The Balaban J connectivity index is 2.76. The number of carbonyl (C=O) groups is 2. The first kappa shape index (κ1) is 23.0.